The van der Waals surface area contributed by atoms with Gasteiger partial charge in [0.2, 0.25) is 0 Å². The molecule has 1 amide bonds. The zero-order chi connectivity index (χ0) is 23.4. The molecule has 2 N–H and O–H groups in total. The van der Waals surface area contributed by atoms with Crippen LogP contribution in [-0.4, -0.2) is 17.6 Å². The zero-order valence-electron chi connectivity index (χ0n) is 20.2. The molecule has 4 heteroatoms. The van der Waals surface area contributed by atoms with E-state index in [1.54, 1.807) is 0 Å². The third-order valence-corrected chi connectivity index (χ3v) is 6.54. The molecule has 3 aromatic rings. The fraction of sp³-hybridized carbons (Fsp3) is 0.414. The van der Waals surface area contributed by atoms with Crippen LogP contribution in [0.15, 0.2) is 66.7 Å². The minimum absolute atomic E-state index is 0.205. The number of hydrogen-bond donors (Lipinski definition) is 2. The highest BCUT2D eigenvalue weighted by Crippen LogP contribution is 2.34. The fourth-order valence-electron chi connectivity index (χ4n) is 4.88. The maximum Gasteiger partial charge on any atom is 0.274 e. The summed E-state index contributed by atoms with van der Waals surface area (Å²) >= 11 is 0. The first-order chi connectivity index (χ1) is 15.8. The Balaban J connectivity index is 1.38. The van der Waals surface area contributed by atoms with E-state index in [4.69, 9.17) is 4.84 Å². The largest absolute Gasteiger partial charge is 0.307 e. The lowest BCUT2D eigenvalue weighted by atomic mass is 9.80. The zero-order valence-corrected chi connectivity index (χ0v) is 20.2. The highest BCUT2D eigenvalue weighted by molar-refractivity contribution is 5.93. The number of carbonyl (C=O) groups excluding carboxylic acids is 1. The summed E-state index contributed by atoms with van der Waals surface area (Å²) < 4.78 is 0. The van der Waals surface area contributed by atoms with Gasteiger partial charge < -0.3 is 5.32 Å². The number of benzene rings is 3. The monoisotopic (exact) mass is 444 g/mol. The van der Waals surface area contributed by atoms with Crippen molar-refractivity contribution >= 4 is 16.7 Å². The van der Waals surface area contributed by atoms with E-state index in [9.17, 15) is 4.79 Å². The second kappa shape index (κ2) is 10.1. The first-order valence-corrected chi connectivity index (χ1v) is 12.1. The molecule has 1 aliphatic carbocycles. The lowest BCUT2D eigenvalue weighted by Gasteiger charge is -2.32. The molecule has 0 spiro atoms. The minimum Gasteiger partial charge on any atom is -0.307 e. The molecule has 0 radical (unpaired) electrons. The van der Waals surface area contributed by atoms with E-state index in [1.165, 1.54) is 41.2 Å². The fourth-order valence-corrected chi connectivity index (χ4v) is 4.88. The predicted octanol–water partition coefficient (Wildman–Crippen LogP) is 6.68. The van der Waals surface area contributed by atoms with Crippen LogP contribution in [0.1, 0.15) is 86.8 Å². The van der Waals surface area contributed by atoms with E-state index in [0.717, 1.165) is 6.42 Å². The van der Waals surface area contributed by atoms with Gasteiger partial charge in [-0.05, 0) is 86.9 Å². The highest BCUT2D eigenvalue weighted by Gasteiger charge is 2.25. The molecule has 1 aliphatic rings. The first-order valence-electron chi connectivity index (χ1n) is 12.1. The number of hydroxylamine groups is 1. The van der Waals surface area contributed by atoms with Gasteiger partial charge in [-0.2, -0.15) is 0 Å². The summed E-state index contributed by atoms with van der Waals surface area (Å²) in [6.07, 6.45) is 4.73. The molecule has 4 nitrogen and oxygen atoms in total. The molecular weight excluding hydrogens is 408 g/mol. The maximum absolute atomic E-state index is 12.3. The van der Waals surface area contributed by atoms with Crippen LogP contribution >= 0.6 is 0 Å². The molecule has 0 saturated heterocycles. The molecule has 0 bridgehead atoms. The molecule has 1 saturated carbocycles. The SMILES string of the molecule is C[C@@H](NC1CCCC(c2ccc(C(=O)NOC(C)(C)C)cc2)C1)c1cccc2ccccc12. The van der Waals surface area contributed by atoms with Crippen LogP contribution in [0.5, 0.6) is 0 Å². The third-order valence-electron chi connectivity index (χ3n) is 6.54. The number of fused-ring (bicyclic) bond motifs is 1. The lowest BCUT2D eigenvalue weighted by molar-refractivity contribution is -0.0589. The van der Waals surface area contributed by atoms with Crippen molar-refractivity contribution in [3.8, 4) is 0 Å². The Morgan fingerprint density at radius 3 is 2.45 bits per heavy atom. The molecule has 1 fully saturated rings. The smallest absolute Gasteiger partial charge is 0.274 e. The second-order valence-corrected chi connectivity index (χ2v) is 10.3. The van der Waals surface area contributed by atoms with E-state index in [1.807, 2.05) is 32.9 Å². The van der Waals surface area contributed by atoms with Gasteiger partial charge in [0, 0.05) is 17.6 Å². The van der Waals surface area contributed by atoms with Gasteiger partial charge in [-0.1, -0.05) is 61.0 Å². The van der Waals surface area contributed by atoms with Crippen molar-refractivity contribution in [1.82, 2.24) is 10.8 Å². The molecule has 0 heterocycles. The summed E-state index contributed by atoms with van der Waals surface area (Å²) in [6, 6.07) is 24.0. The Hall–Kier alpha value is -2.69. The topological polar surface area (TPSA) is 50.4 Å². The minimum atomic E-state index is -0.414. The first kappa shape index (κ1) is 23.5. The molecule has 3 aromatic carbocycles. The molecule has 2 unspecified atom stereocenters. The van der Waals surface area contributed by atoms with Crippen molar-refractivity contribution in [2.75, 3.05) is 0 Å². The van der Waals surface area contributed by atoms with Crippen LogP contribution in [0.2, 0.25) is 0 Å². The van der Waals surface area contributed by atoms with Crippen LogP contribution in [0.3, 0.4) is 0 Å². The van der Waals surface area contributed by atoms with Crippen LogP contribution in [0.4, 0.5) is 0 Å². The van der Waals surface area contributed by atoms with Gasteiger partial charge >= 0.3 is 0 Å². The number of hydrogen-bond acceptors (Lipinski definition) is 3. The molecule has 4 rings (SSSR count). The van der Waals surface area contributed by atoms with Crippen molar-refractivity contribution in [1.29, 1.82) is 0 Å². The predicted molar refractivity (Wildman–Crippen MR) is 135 cm³/mol. The normalized spacial score (nSPS) is 19.9. The van der Waals surface area contributed by atoms with E-state index >= 15 is 0 Å². The average molecular weight is 445 g/mol. The van der Waals surface area contributed by atoms with Gasteiger partial charge in [-0.25, -0.2) is 5.48 Å². The molecule has 3 atom stereocenters. The Kier molecular flexibility index (Phi) is 7.16. The van der Waals surface area contributed by atoms with Crippen molar-refractivity contribution in [2.24, 2.45) is 0 Å². The summed E-state index contributed by atoms with van der Waals surface area (Å²) in [6.45, 7) is 8.00. The second-order valence-electron chi connectivity index (χ2n) is 10.3. The van der Waals surface area contributed by atoms with E-state index < -0.39 is 5.60 Å². The summed E-state index contributed by atoms with van der Waals surface area (Å²) in [4.78, 5) is 17.7. The van der Waals surface area contributed by atoms with E-state index in [0.29, 0.717) is 23.6 Å². The number of amides is 1. The lowest BCUT2D eigenvalue weighted by Crippen LogP contribution is -2.35. The molecule has 0 aromatic heterocycles. The summed E-state index contributed by atoms with van der Waals surface area (Å²) in [5.41, 5.74) is 5.43. The van der Waals surface area contributed by atoms with Crippen LogP contribution in [0, 0.1) is 0 Å². The quantitative estimate of drug-likeness (QED) is 0.417. The van der Waals surface area contributed by atoms with Gasteiger partial charge in [0.1, 0.15) is 0 Å². The van der Waals surface area contributed by atoms with Gasteiger partial charge in [0.25, 0.3) is 5.91 Å². The van der Waals surface area contributed by atoms with Crippen molar-refractivity contribution in [3.63, 3.8) is 0 Å². The van der Waals surface area contributed by atoms with Gasteiger partial charge in [-0.3, -0.25) is 9.63 Å². The van der Waals surface area contributed by atoms with Crippen LogP contribution < -0.4 is 10.8 Å². The Labute approximate surface area is 197 Å². The average Bonchev–Trinajstić information content (AvgIpc) is 2.82. The van der Waals surface area contributed by atoms with E-state index in [-0.39, 0.29) is 5.91 Å². The summed E-state index contributed by atoms with van der Waals surface area (Å²) in [5.74, 6) is 0.308. The molecule has 33 heavy (non-hydrogen) atoms. The summed E-state index contributed by atoms with van der Waals surface area (Å²) in [5, 5.41) is 6.53. The number of carbonyl (C=O) groups is 1. The van der Waals surface area contributed by atoms with Gasteiger partial charge in [0.15, 0.2) is 0 Å². The molecule has 174 valence electrons. The van der Waals surface area contributed by atoms with Crippen molar-refractivity contribution in [2.45, 2.75) is 77.0 Å². The van der Waals surface area contributed by atoms with E-state index in [2.05, 4.69) is 72.3 Å². The molecule has 0 aliphatic heterocycles. The maximum atomic E-state index is 12.3. The Morgan fingerprint density at radius 1 is 0.970 bits per heavy atom. The van der Waals surface area contributed by atoms with Gasteiger partial charge in [-0.15, -0.1) is 0 Å². The Morgan fingerprint density at radius 2 is 1.70 bits per heavy atom. The standard InChI is InChI=1S/C29H36N2O2/c1-20(26-14-8-10-22-9-5-6-13-27(22)26)30-25-12-7-11-24(19-25)21-15-17-23(18-16-21)28(32)31-33-29(2,3)4/h5-6,8-10,13-18,20,24-25,30H,7,11-12,19H2,1-4H3,(H,31,32)/t20-,24?,25?/m1/s1. The Bertz CT molecular complexity index is 1080. The summed E-state index contributed by atoms with van der Waals surface area (Å²) in [7, 11) is 0. The number of nitrogens with one attached hydrogen (secondary N) is 2. The van der Waals surface area contributed by atoms with Crippen molar-refractivity contribution in [3.05, 3.63) is 83.4 Å². The van der Waals surface area contributed by atoms with Crippen molar-refractivity contribution < 1.29 is 9.63 Å². The highest BCUT2D eigenvalue weighted by atomic mass is 16.7. The third kappa shape index (κ3) is 6.01. The molecular formula is C29H36N2O2. The van der Waals surface area contributed by atoms with Crippen LogP contribution in [0.25, 0.3) is 10.8 Å². The van der Waals surface area contributed by atoms with Crippen LogP contribution in [-0.2, 0) is 4.84 Å². The number of rotatable bonds is 6. The van der Waals surface area contributed by atoms with Gasteiger partial charge in [0.05, 0.1) is 5.60 Å².